The van der Waals surface area contributed by atoms with Gasteiger partial charge in [0.2, 0.25) is 5.95 Å². The van der Waals surface area contributed by atoms with Crippen molar-refractivity contribution in [2.75, 3.05) is 5.32 Å². The largest absolute Gasteiger partial charge is 0.573 e. The molecule has 1 aliphatic rings. The molecule has 0 bridgehead atoms. The Hall–Kier alpha value is -3.60. The van der Waals surface area contributed by atoms with Crippen LogP contribution in [0.2, 0.25) is 0 Å². The number of carboxylic acids is 1. The summed E-state index contributed by atoms with van der Waals surface area (Å²) in [5.74, 6) is -1.62. The molecule has 0 aliphatic heterocycles. The summed E-state index contributed by atoms with van der Waals surface area (Å²) in [6.45, 7) is 7.77. The highest BCUT2D eigenvalue weighted by Crippen LogP contribution is 2.46. The van der Waals surface area contributed by atoms with Crippen LogP contribution in [0.1, 0.15) is 63.4 Å². The number of ether oxygens (including phenoxy) is 1. The standard InChI is InChI=1S/C27H31F3N4O4/c1-15-11-18(14-25(2,3)13-15)34-21-10-5-16(22(35)26(4,31)23(36)37)12-20(21)33-24(34)32-17-6-8-19(9-7-17)38-27(28,29)30/h5-10,12,15,18H,11,13-14,31H2,1-4H3,(H,32,33)(H,36,37)/t15-,18+,26+/m0/s1. The Morgan fingerprint density at radius 3 is 2.39 bits per heavy atom. The van der Waals surface area contributed by atoms with Crippen LogP contribution in [0, 0.1) is 11.3 Å². The molecule has 1 fully saturated rings. The lowest BCUT2D eigenvalue weighted by Gasteiger charge is -2.40. The number of carbonyl (C=O) groups is 2. The minimum atomic E-state index is -4.79. The zero-order valence-corrected chi connectivity index (χ0v) is 21.6. The summed E-state index contributed by atoms with van der Waals surface area (Å²) in [6.07, 6.45) is -1.95. The highest BCUT2D eigenvalue weighted by Gasteiger charge is 2.38. The number of ketones is 1. The Labute approximate surface area is 218 Å². The van der Waals surface area contributed by atoms with Gasteiger partial charge in [-0.2, -0.15) is 0 Å². The molecule has 8 nitrogen and oxygen atoms in total. The van der Waals surface area contributed by atoms with Crippen molar-refractivity contribution in [1.82, 2.24) is 9.55 Å². The molecule has 3 atom stereocenters. The smallest absolute Gasteiger partial charge is 0.480 e. The maximum absolute atomic E-state index is 12.8. The number of nitrogens with two attached hydrogens (primary N) is 1. The van der Waals surface area contributed by atoms with E-state index < -0.39 is 23.7 Å². The predicted octanol–water partition coefficient (Wildman–Crippen LogP) is 6.05. The minimum absolute atomic E-state index is 0.0643. The number of alkyl halides is 3. The Morgan fingerprint density at radius 2 is 1.82 bits per heavy atom. The zero-order chi connectivity index (χ0) is 28.0. The fourth-order valence-corrected chi connectivity index (χ4v) is 5.46. The molecule has 0 unspecified atom stereocenters. The SMILES string of the molecule is C[C@H]1C[C@@H](n2c(Nc3ccc(OC(F)(F)F)cc3)nc3cc(C(=O)[C@@](C)(N)C(=O)O)ccc32)CC(C)(C)C1. The number of carbonyl (C=O) groups excluding carboxylic acids is 1. The number of imidazole rings is 1. The lowest BCUT2D eigenvalue weighted by molar-refractivity contribution is -0.274. The number of fused-ring (bicyclic) bond motifs is 1. The van der Waals surface area contributed by atoms with Gasteiger partial charge in [-0.1, -0.05) is 20.8 Å². The third kappa shape index (κ3) is 5.77. The van der Waals surface area contributed by atoms with E-state index >= 15 is 0 Å². The van der Waals surface area contributed by atoms with Crippen molar-refractivity contribution in [2.45, 2.75) is 64.9 Å². The van der Waals surface area contributed by atoms with E-state index in [-0.39, 0.29) is 22.8 Å². The van der Waals surface area contributed by atoms with E-state index in [0.29, 0.717) is 23.1 Å². The van der Waals surface area contributed by atoms with Crippen molar-refractivity contribution in [3.63, 3.8) is 0 Å². The Balaban J connectivity index is 1.76. The summed E-state index contributed by atoms with van der Waals surface area (Å²) in [5, 5.41) is 12.6. The number of aliphatic carboxylic acids is 1. The number of nitrogens with zero attached hydrogens (tertiary/aromatic N) is 2. The Bertz CT molecular complexity index is 1360. The molecule has 0 radical (unpaired) electrons. The number of Topliss-reactive ketones (excluding diaryl/α,β-unsaturated/α-hetero) is 1. The van der Waals surface area contributed by atoms with E-state index in [1.165, 1.54) is 30.3 Å². The van der Waals surface area contributed by atoms with E-state index in [9.17, 15) is 27.9 Å². The fourth-order valence-electron chi connectivity index (χ4n) is 5.46. The number of halogens is 3. The molecule has 0 amide bonds. The summed E-state index contributed by atoms with van der Waals surface area (Å²) < 4.78 is 43.7. The molecule has 4 rings (SSSR count). The maximum Gasteiger partial charge on any atom is 0.573 e. The van der Waals surface area contributed by atoms with Crippen LogP contribution in [-0.4, -0.2) is 38.3 Å². The van der Waals surface area contributed by atoms with Crippen molar-refractivity contribution in [2.24, 2.45) is 17.1 Å². The molecule has 3 aromatic rings. The number of hydrogen-bond acceptors (Lipinski definition) is 6. The van der Waals surface area contributed by atoms with Crippen LogP contribution < -0.4 is 15.8 Å². The number of hydrogen-bond donors (Lipinski definition) is 3. The summed E-state index contributed by atoms with van der Waals surface area (Å²) in [7, 11) is 0. The molecule has 4 N–H and O–H groups in total. The Morgan fingerprint density at radius 1 is 1.16 bits per heavy atom. The predicted molar refractivity (Wildman–Crippen MR) is 137 cm³/mol. The quantitative estimate of drug-likeness (QED) is 0.250. The molecule has 1 aromatic heterocycles. The fraction of sp³-hybridized carbons (Fsp3) is 0.444. The minimum Gasteiger partial charge on any atom is -0.480 e. The molecular formula is C27H31F3N4O4. The molecule has 1 heterocycles. The van der Waals surface area contributed by atoms with Gasteiger partial charge in [0.25, 0.3) is 0 Å². The Kier molecular flexibility index (Phi) is 6.94. The van der Waals surface area contributed by atoms with Crippen LogP contribution in [0.4, 0.5) is 24.8 Å². The van der Waals surface area contributed by atoms with Crippen LogP contribution in [0.3, 0.4) is 0 Å². The molecule has 38 heavy (non-hydrogen) atoms. The van der Waals surface area contributed by atoms with Gasteiger partial charge < -0.3 is 25.5 Å². The zero-order valence-electron chi connectivity index (χ0n) is 21.6. The highest BCUT2D eigenvalue weighted by atomic mass is 19.4. The lowest BCUT2D eigenvalue weighted by Crippen LogP contribution is -2.52. The van der Waals surface area contributed by atoms with Gasteiger partial charge >= 0.3 is 12.3 Å². The van der Waals surface area contributed by atoms with Crippen LogP contribution in [0.15, 0.2) is 42.5 Å². The highest BCUT2D eigenvalue weighted by molar-refractivity contribution is 6.16. The summed E-state index contributed by atoms with van der Waals surface area (Å²) in [4.78, 5) is 29.1. The average Bonchev–Trinajstić information content (AvgIpc) is 3.14. The van der Waals surface area contributed by atoms with Crippen molar-refractivity contribution in [3.8, 4) is 5.75 Å². The first-order valence-electron chi connectivity index (χ1n) is 12.3. The molecule has 1 saturated carbocycles. The summed E-state index contributed by atoms with van der Waals surface area (Å²) >= 11 is 0. The number of nitrogens with one attached hydrogen (secondary N) is 1. The third-order valence-corrected chi connectivity index (χ3v) is 6.94. The van der Waals surface area contributed by atoms with Crippen LogP contribution in [-0.2, 0) is 4.79 Å². The van der Waals surface area contributed by atoms with Gasteiger partial charge in [-0.05, 0) is 80.0 Å². The molecule has 11 heteroatoms. The summed E-state index contributed by atoms with van der Waals surface area (Å²) in [5.41, 5.74) is 5.56. The van der Waals surface area contributed by atoms with Gasteiger partial charge in [-0.25, -0.2) is 9.78 Å². The normalized spacial score (nSPS) is 21.1. The van der Waals surface area contributed by atoms with E-state index in [0.717, 1.165) is 31.7 Å². The van der Waals surface area contributed by atoms with Gasteiger partial charge in [0, 0.05) is 17.3 Å². The first kappa shape index (κ1) is 27.4. The van der Waals surface area contributed by atoms with Crippen LogP contribution in [0.25, 0.3) is 11.0 Å². The second-order valence-corrected chi connectivity index (χ2v) is 11.1. The van der Waals surface area contributed by atoms with Gasteiger partial charge in [0.15, 0.2) is 11.3 Å². The first-order chi connectivity index (χ1) is 17.6. The van der Waals surface area contributed by atoms with E-state index in [2.05, 4.69) is 35.4 Å². The molecule has 0 saturated heterocycles. The van der Waals surface area contributed by atoms with E-state index in [1.54, 1.807) is 12.1 Å². The molecule has 204 valence electrons. The van der Waals surface area contributed by atoms with Crippen molar-refractivity contribution >= 4 is 34.4 Å². The van der Waals surface area contributed by atoms with E-state index in [1.807, 2.05) is 0 Å². The topological polar surface area (TPSA) is 119 Å². The van der Waals surface area contributed by atoms with Gasteiger partial charge in [-0.3, -0.25) is 4.79 Å². The monoisotopic (exact) mass is 532 g/mol. The molecular weight excluding hydrogens is 501 g/mol. The molecule has 1 aliphatic carbocycles. The van der Waals surface area contributed by atoms with E-state index in [4.69, 9.17) is 10.7 Å². The third-order valence-electron chi connectivity index (χ3n) is 6.94. The number of anilines is 2. The number of carboxylic acid groups (broad SMARTS) is 1. The van der Waals surface area contributed by atoms with Crippen LogP contribution in [0.5, 0.6) is 5.75 Å². The van der Waals surface area contributed by atoms with Crippen molar-refractivity contribution < 1.29 is 32.6 Å². The number of aromatic nitrogens is 2. The average molecular weight is 533 g/mol. The van der Waals surface area contributed by atoms with Crippen molar-refractivity contribution in [3.05, 3.63) is 48.0 Å². The maximum atomic E-state index is 12.8. The number of benzene rings is 2. The second kappa shape index (κ2) is 9.61. The molecule has 0 spiro atoms. The van der Waals surface area contributed by atoms with Gasteiger partial charge in [-0.15, -0.1) is 13.2 Å². The first-order valence-corrected chi connectivity index (χ1v) is 12.3. The van der Waals surface area contributed by atoms with Gasteiger partial charge in [0.1, 0.15) is 5.75 Å². The van der Waals surface area contributed by atoms with Gasteiger partial charge in [0.05, 0.1) is 11.0 Å². The summed E-state index contributed by atoms with van der Waals surface area (Å²) in [6, 6.07) is 10.2. The lowest BCUT2D eigenvalue weighted by atomic mass is 9.70. The van der Waals surface area contributed by atoms with Crippen LogP contribution >= 0.6 is 0 Å². The second-order valence-electron chi connectivity index (χ2n) is 11.1. The van der Waals surface area contributed by atoms with Crippen molar-refractivity contribution in [1.29, 1.82) is 0 Å². The number of rotatable bonds is 7. The molecule has 2 aromatic carbocycles.